The van der Waals surface area contributed by atoms with Crippen LogP contribution in [-0.4, -0.2) is 17.5 Å². The van der Waals surface area contributed by atoms with Gasteiger partial charge in [-0.3, -0.25) is 0 Å². The van der Waals surface area contributed by atoms with Crippen molar-refractivity contribution >= 4 is 23.1 Å². The number of rotatable bonds is 4. The Bertz CT molecular complexity index is 314. The van der Waals surface area contributed by atoms with Crippen LogP contribution in [0.15, 0.2) is 18.2 Å². The van der Waals surface area contributed by atoms with Gasteiger partial charge in [0.05, 0.1) is 0 Å². The van der Waals surface area contributed by atoms with Gasteiger partial charge in [0, 0.05) is 22.7 Å². The van der Waals surface area contributed by atoms with E-state index in [9.17, 15) is 0 Å². The molecular formula is C12H20N2S. The zero-order valence-electron chi connectivity index (χ0n) is 9.92. The average molecular weight is 224 g/mol. The summed E-state index contributed by atoms with van der Waals surface area (Å²) in [4.78, 5) is 0. The summed E-state index contributed by atoms with van der Waals surface area (Å²) >= 11 is 1.86. The molecule has 0 unspecified atom stereocenters. The quantitative estimate of drug-likeness (QED) is 0.772. The lowest BCUT2D eigenvalue weighted by molar-refractivity contribution is 0.752. The standard InChI is InChI=1S/C12H20N2S/c1-9-5-10(13)7-11(6-9)14-8-12(2,3)15-4/h5-7,14H,8,13H2,1-4H3. The third kappa shape index (κ3) is 4.04. The fourth-order valence-electron chi connectivity index (χ4n) is 1.30. The molecule has 2 nitrogen and oxygen atoms in total. The molecule has 0 saturated carbocycles. The highest BCUT2D eigenvalue weighted by Crippen LogP contribution is 2.23. The van der Waals surface area contributed by atoms with E-state index in [1.807, 2.05) is 23.9 Å². The van der Waals surface area contributed by atoms with Crippen molar-refractivity contribution in [2.45, 2.75) is 25.5 Å². The van der Waals surface area contributed by atoms with Crippen molar-refractivity contribution in [2.75, 3.05) is 23.9 Å². The molecule has 3 N–H and O–H groups in total. The van der Waals surface area contributed by atoms with E-state index in [0.29, 0.717) is 0 Å². The highest BCUT2D eigenvalue weighted by Gasteiger charge is 2.15. The van der Waals surface area contributed by atoms with Gasteiger partial charge in [0.2, 0.25) is 0 Å². The molecule has 0 radical (unpaired) electrons. The topological polar surface area (TPSA) is 38.0 Å². The minimum Gasteiger partial charge on any atom is -0.399 e. The van der Waals surface area contributed by atoms with E-state index in [0.717, 1.165) is 17.9 Å². The van der Waals surface area contributed by atoms with Crippen LogP contribution in [0.1, 0.15) is 19.4 Å². The molecule has 3 heteroatoms. The second kappa shape index (κ2) is 4.79. The number of anilines is 2. The first kappa shape index (κ1) is 12.2. The van der Waals surface area contributed by atoms with Crippen molar-refractivity contribution in [1.82, 2.24) is 0 Å². The van der Waals surface area contributed by atoms with Gasteiger partial charge in [-0.05, 0) is 50.8 Å². The Balaban J connectivity index is 2.65. The van der Waals surface area contributed by atoms with Gasteiger partial charge in [0.1, 0.15) is 0 Å². The van der Waals surface area contributed by atoms with Crippen LogP contribution in [0.25, 0.3) is 0 Å². The molecule has 0 bridgehead atoms. The Hall–Kier alpha value is -0.830. The van der Waals surface area contributed by atoms with Crippen molar-refractivity contribution in [2.24, 2.45) is 0 Å². The van der Waals surface area contributed by atoms with E-state index in [2.05, 4.69) is 38.4 Å². The lowest BCUT2D eigenvalue weighted by Crippen LogP contribution is -2.25. The van der Waals surface area contributed by atoms with Crippen molar-refractivity contribution in [3.05, 3.63) is 23.8 Å². The second-order valence-electron chi connectivity index (χ2n) is 4.45. The number of aryl methyl sites for hydroxylation is 1. The number of hydrogen-bond donors (Lipinski definition) is 2. The predicted octanol–water partition coefficient (Wildman–Crippen LogP) is 3.13. The first-order valence-electron chi connectivity index (χ1n) is 5.09. The lowest BCUT2D eigenvalue weighted by atomic mass is 10.1. The van der Waals surface area contributed by atoms with Gasteiger partial charge in [0.15, 0.2) is 0 Å². The smallest absolute Gasteiger partial charge is 0.0363 e. The molecule has 15 heavy (non-hydrogen) atoms. The number of thioether (sulfide) groups is 1. The molecule has 0 spiro atoms. The van der Waals surface area contributed by atoms with Gasteiger partial charge in [-0.1, -0.05) is 0 Å². The van der Waals surface area contributed by atoms with E-state index >= 15 is 0 Å². The van der Waals surface area contributed by atoms with Crippen LogP contribution in [0.2, 0.25) is 0 Å². The van der Waals surface area contributed by atoms with Crippen LogP contribution in [0.4, 0.5) is 11.4 Å². The summed E-state index contributed by atoms with van der Waals surface area (Å²) in [6.45, 7) is 7.45. The van der Waals surface area contributed by atoms with E-state index in [1.165, 1.54) is 5.56 Å². The minimum absolute atomic E-state index is 0.249. The molecule has 0 aromatic heterocycles. The number of nitrogens with two attached hydrogens (primary N) is 1. The van der Waals surface area contributed by atoms with E-state index in [-0.39, 0.29) is 4.75 Å². The third-order valence-corrected chi connectivity index (χ3v) is 3.62. The first-order valence-corrected chi connectivity index (χ1v) is 6.31. The Morgan fingerprint density at radius 1 is 1.33 bits per heavy atom. The molecule has 0 amide bonds. The van der Waals surface area contributed by atoms with Gasteiger partial charge in [-0.15, -0.1) is 0 Å². The minimum atomic E-state index is 0.249. The Kier molecular flexibility index (Phi) is 3.91. The summed E-state index contributed by atoms with van der Waals surface area (Å²) < 4.78 is 0.249. The number of hydrogen-bond acceptors (Lipinski definition) is 3. The Labute approximate surface area is 96.6 Å². The maximum atomic E-state index is 5.79. The second-order valence-corrected chi connectivity index (χ2v) is 5.96. The van der Waals surface area contributed by atoms with Crippen molar-refractivity contribution in [3.8, 4) is 0 Å². The summed E-state index contributed by atoms with van der Waals surface area (Å²) in [5, 5.41) is 3.42. The maximum Gasteiger partial charge on any atom is 0.0363 e. The van der Waals surface area contributed by atoms with E-state index in [1.54, 1.807) is 0 Å². The van der Waals surface area contributed by atoms with Crippen LogP contribution in [0.3, 0.4) is 0 Å². The van der Waals surface area contributed by atoms with E-state index < -0.39 is 0 Å². The highest BCUT2D eigenvalue weighted by molar-refractivity contribution is 7.99. The fourth-order valence-corrected chi connectivity index (χ4v) is 1.52. The average Bonchev–Trinajstić information content (AvgIpc) is 2.14. The van der Waals surface area contributed by atoms with Gasteiger partial charge >= 0.3 is 0 Å². The molecule has 1 aromatic rings. The number of nitrogens with one attached hydrogen (secondary N) is 1. The molecule has 84 valence electrons. The molecular weight excluding hydrogens is 204 g/mol. The van der Waals surface area contributed by atoms with Crippen LogP contribution < -0.4 is 11.1 Å². The van der Waals surface area contributed by atoms with Gasteiger partial charge in [0.25, 0.3) is 0 Å². The van der Waals surface area contributed by atoms with Crippen LogP contribution >= 0.6 is 11.8 Å². The van der Waals surface area contributed by atoms with Gasteiger partial charge in [-0.25, -0.2) is 0 Å². The largest absolute Gasteiger partial charge is 0.399 e. The first-order chi connectivity index (χ1) is 6.93. The summed E-state index contributed by atoms with van der Waals surface area (Å²) in [5.41, 5.74) is 8.91. The normalized spacial score (nSPS) is 11.5. The fraction of sp³-hybridized carbons (Fsp3) is 0.500. The molecule has 0 aliphatic rings. The lowest BCUT2D eigenvalue weighted by Gasteiger charge is -2.23. The van der Waals surface area contributed by atoms with Crippen LogP contribution in [0.5, 0.6) is 0 Å². The maximum absolute atomic E-state index is 5.79. The molecule has 0 heterocycles. The van der Waals surface area contributed by atoms with Crippen molar-refractivity contribution < 1.29 is 0 Å². The number of benzene rings is 1. The van der Waals surface area contributed by atoms with Gasteiger partial charge < -0.3 is 11.1 Å². The van der Waals surface area contributed by atoms with Crippen molar-refractivity contribution in [3.63, 3.8) is 0 Å². The molecule has 1 rings (SSSR count). The van der Waals surface area contributed by atoms with E-state index in [4.69, 9.17) is 5.73 Å². The molecule has 0 saturated heterocycles. The third-order valence-electron chi connectivity index (χ3n) is 2.37. The SMILES string of the molecule is CSC(C)(C)CNc1cc(C)cc(N)c1. The summed E-state index contributed by atoms with van der Waals surface area (Å²) in [6, 6.07) is 6.07. The van der Waals surface area contributed by atoms with Gasteiger partial charge in [-0.2, -0.15) is 11.8 Å². The van der Waals surface area contributed by atoms with Crippen LogP contribution in [0, 0.1) is 6.92 Å². The van der Waals surface area contributed by atoms with Crippen molar-refractivity contribution in [1.29, 1.82) is 0 Å². The molecule has 0 aliphatic heterocycles. The molecule has 0 fully saturated rings. The molecule has 0 aliphatic carbocycles. The Morgan fingerprint density at radius 2 is 2.00 bits per heavy atom. The zero-order chi connectivity index (χ0) is 11.5. The number of nitrogen functional groups attached to an aromatic ring is 1. The zero-order valence-corrected chi connectivity index (χ0v) is 10.7. The summed E-state index contributed by atoms with van der Waals surface area (Å²) in [7, 11) is 0. The summed E-state index contributed by atoms with van der Waals surface area (Å²) in [5.74, 6) is 0. The molecule has 1 aromatic carbocycles. The predicted molar refractivity (Wildman–Crippen MR) is 71.7 cm³/mol. The highest BCUT2D eigenvalue weighted by atomic mass is 32.2. The monoisotopic (exact) mass is 224 g/mol. The Morgan fingerprint density at radius 3 is 2.53 bits per heavy atom. The van der Waals surface area contributed by atoms with Crippen LogP contribution in [-0.2, 0) is 0 Å². The molecule has 0 atom stereocenters. The summed E-state index contributed by atoms with van der Waals surface area (Å²) in [6.07, 6.45) is 2.13.